The Hall–Kier alpha value is -1.77. The summed E-state index contributed by atoms with van der Waals surface area (Å²) in [5.41, 5.74) is 3.11. The smallest absolute Gasteiger partial charge is 0.315 e. The molecule has 0 bridgehead atoms. The Morgan fingerprint density at radius 2 is 2.12 bits per heavy atom. The van der Waals surface area contributed by atoms with E-state index in [0.717, 1.165) is 17.7 Å². The van der Waals surface area contributed by atoms with Crippen LogP contribution in [0.5, 0.6) is 0 Å². The molecule has 0 spiro atoms. The van der Waals surface area contributed by atoms with E-state index in [-0.39, 0.29) is 6.03 Å². The number of anilines is 1. The quantitative estimate of drug-likeness (QED) is 0.802. The molecule has 0 saturated heterocycles. The SMILES string of the molecule is CC/C=C/NC(=O)Nc1cccc(C)c1C. The summed E-state index contributed by atoms with van der Waals surface area (Å²) in [7, 11) is 0. The van der Waals surface area contributed by atoms with E-state index in [1.807, 2.05) is 45.0 Å². The lowest BCUT2D eigenvalue weighted by atomic mass is 10.1. The van der Waals surface area contributed by atoms with Crippen LogP contribution >= 0.6 is 0 Å². The van der Waals surface area contributed by atoms with Crippen LogP contribution < -0.4 is 10.6 Å². The molecule has 0 aromatic heterocycles. The Bertz CT molecular complexity index is 397. The average Bonchev–Trinajstić information content (AvgIpc) is 2.25. The molecule has 0 atom stereocenters. The van der Waals surface area contributed by atoms with Gasteiger partial charge in [-0.15, -0.1) is 0 Å². The van der Waals surface area contributed by atoms with Crippen LogP contribution in [0.2, 0.25) is 0 Å². The third-order valence-electron chi connectivity index (χ3n) is 2.42. The normalized spacial score (nSPS) is 10.4. The first-order valence-corrected chi connectivity index (χ1v) is 5.44. The zero-order chi connectivity index (χ0) is 12.0. The van der Waals surface area contributed by atoms with Gasteiger partial charge in [0.2, 0.25) is 0 Å². The van der Waals surface area contributed by atoms with E-state index < -0.39 is 0 Å². The summed E-state index contributed by atoms with van der Waals surface area (Å²) in [6.07, 6.45) is 4.45. The van der Waals surface area contributed by atoms with Crippen molar-refractivity contribution in [3.63, 3.8) is 0 Å². The highest BCUT2D eigenvalue weighted by molar-refractivity contribution is 5.90. The summed E-state index contributed by atoms with van der Waals surface area (Å²) >= 11 is 0. The highest BCUT2D eigenvalue weighted by Gasteiger charge is 2.03. The van der Waals surface area contributed by atoms with Crippen molar-refractivity contribution < 1.29 is 4.79 Å². The van der Waals surface area contributed by atoms with E-state index in [9.17, 15) is 4.79 Å². The maximum Gasteiger partial charge on any atom is 0.323 e. The number of benzene rings is 1. The van der Waals surface area contributed by atoms with E-state index >= 15 is 0 Å². The molecule has 0 aliphatic carbocycles. The molecule has 0 saturated carbocycles. The summed E-state index contributed by atoms with van der Waals surface area (Å²) in [5.74, 6) is 0. The maximum absolute atomic E-state index is 11.5. The minimum absolute atomic E-state index is 0.210. The Labute approximate surface area is 96.6 Å². The van der Waals surface area contributed by atoms with Gasteiger partial charge in [0.15, 0.2) is 0 Å². The van der Waals surface area contributed by atoms with Crippen molar-refractivity contribution in [2.24, 2.45) is 0 Å². The van der Waals surface area contributed by atoms with Gasteiger partial charge in [0, 0.05) is 11.9 Å². The van der Waals surface area contributed by atoms with Gasteiger partial charge in [-0.3, -0.25) is 0 Å². The van der Waals surface area contributed by atoms with Crippen LogP contribution in [0, 0.1) is 13.8 Å². The van der Waals surface area contributed by atoms with Crippen molar-refractivity contribution in [1.29, 1.82) is 0 Å². The largest absolute Gasteiger partial charge is 0.323 e. The number of nitrogens with one attached hydrogen (secondary N) is 2. The van der Waals surface area contributed by atoms with Crippen LogP contribution in [0.3, 0.4) is 0 Å². The highest BCUT2D eigenvalue weighted by atomic mass is 16.2. The number of hydrogen-bond acceptors (Lipinski definition) is 1. The number of carbonyl (C=O) groups is 1. The number of hydrogen-bond donors (Lipinski definition) is 2. The molecule has 0 heterocycles. The molecule has 1 aromatic rings. The molecule has 16 heavy (non-hydrogen) atoms. The monoisotopic (exact) mass is 218 g/mol. The molecule has 0 unspecified atom stereocenters. The number of aryl methyl sites for hydroxylation is 1. The Morgan fingerprint density at radius 1 is 1.38 bits per heavy atom. The molecule has 3 heteroatoms. The first-order chi connectivity index (χ1) is 7.65. The third-order valence-corrected chi connectivity index (χ3v) is 2.42. The van der Waals surface area contributed by atoms with Crippen LogP contribution in [0.25, 0.3) is 0 Å². The van der Waals surface area contributed by atoms with Crippen LogP contribution in [-0.2, 0) is 0 Å². The number of urea groups is 1. The van der Waals surface area contributed by atoms with Gasteiger partial charge in [-0.1, -0.05) is 25.1 Å². The minimum atomic E-state index is -0.210. The molecule has 86 valence electrons. The zero-order valence-electron chi connectivity index (χ0n) is 10.0. The van der Waals surface area contributed by atoms with Crippen molar-refractivity contribution in [3.8, 4) is 0 Å². The van der Waals surface area contributed by atoms with E-state index in [1.54, 1.807) is 6.20 Å². The van der Waals surface area contributed by atoms with E-state index in [2.05, 4.69) is 10.6 Å². The molecular formula is C13H18N2O. The number of amides is 2. The lowest BCUT2D eigenvalue weighted by Crippen LogP contribution is -2.24. The van der Waals surface area contributed by atoms with Gasteiger partial charge in [0.1, 0.15) is 0 Å². The molecule has 2 N–H and O–H groups in total. The number of carbonyl (C=O) groups excluding carboxylic acids is 1. The van der Waals surface area contributed by atoms with Gasteiger partial charge in [-0.05, 0) is 37.5 Å². The van der Waals surface area contributed by atoms with Gasteiger partial charge >= 0.3 is 6.03 Å². The topological polar surface area (TPSA) is 41.1 Å². The van der Waals surface area contributed by atoms with E-state index in [0.29, 0.717) is 0 Å². The summed E-state index contributed by atoms with van der Waals surface area (Å²) in [6.45, 7) is 6.03. The molecule has 0 radical (unpaired) electrons. The second-order valence-electron chi connectivity index (χ2n) is 3.66. The standard InChI is InChI=1S/C13H18N2O/c1-4-5-9-14-13(16)15-12-8-6-7-10(2)11(12)3/h5-9H,4H2,1-3H3,(H2,14,15,16)/b9-5+. The molecule has 0 aliphatic heterocycles. The third kappa shape index (κ3) is 3.42. The zero-order valence-corrected chi connectivity index (χ0v) is 10.0. The van der Waals surface area contributed by atoms with Crippen molar-refractivity contribution in [3.05, 3.63) is 41.6 Å². The van der Waals surface area contributed by atoms with Gasteiger partial charge < -0.3 is 10.6 Å². The first kappa shape index (κ1) is 12.3. The van der Waals surface area contributed by atoms with Gasteiger partial charge in [0.05, 0.1) is 0 Å². The van der Waals surface area contributed by atoms with Crippen LogP contribution in [-0.4, -0.2) is 6.03 Å². The molecule has 0 aliphatic rings. The lowest BCUT2D eigenvalue weighted by molar-refractivity contribution is 0.255. The predicted molar refractivity (Wildman–Crippen MR) is 67.5 cm³/mol. The summed E-state index contributed by atoms with van der Waals surface area (Å²) in [4.78, 5) is 11.5. The Morgan fingerprint density at radius 3 is 2.81 bits per heavy atom. The summed E-state index contributed by atoms with van der Waals surface area (Å²) < 4.78 is 0. The van der Waals surface area contributed by atoms with Crippen molar-refractivity contribution in [2.75, 3.05) is 5.32 Å². The molecule has 2 amide bonds. The fourth-order valence-corrected chi connectivity index (χ4v) is 1.30. The highest BCUT2D eigenvalue weighted by Crippen LogP contribution is 2.17. The molecule has 1 rings (SSSR count). The summed E-state index contributed by atoms with van der Waals surface area (Å²) in [5, 5.41) is 5.46. The molecule has 0 fully saturated rings. The number of rotatable bonds is 3. The second-order valence-corrected chi connectivity index (χ2v) is 3.66. The van der Waals surface area contributed by atoms with Gasteiger partial charge in [-0.25, -0.2) is 4.79 Å². The van der Waals surface area contributed by atoms with Crippen molar-refractivity contribution in [2.45, 2.75) is 27.2 Å². The van der Waals surface area contributed by atoms with Gasteiger partial charge in [0.25, 0.3) is 0 Å². The van der Waals surface area contributed by atoms with E-state index in [1.165, 1.54) is 5.56 Å². The van der Waals surface area contributed by atoms with Crippen molar-refractivity contribution >= 4 is 11.7 Å². The van der Waals surface area contributed by atoms with Crippen LogP contribution in [0.4, 0.5) is 10.5 Å². The van der Waals surface area contributed by atoms with Gasteiger partial charge in [-0.2, -0.15) is 0 Å². The van der Waals surface area contributed by atoms with Crippen LogP contribution in [0.1, 0.15) is 24.5 Å². The fraction of sp³-hybridized carbons (Fsp3) is 0.308. The first-order valence-electron chi connectivity index (χ1n) is 5.44. The fourth-order valence-electron chi connectivity index (χ4n) is 1.30. The Kier molecular flexibility index (Phi) is 4.58. The van der Waals surface area contributed by atoms with Crippen molar-refractivity contribution in [1.82, 2.24) is 5.32 Å². The maximum atomic E-state index is 11.5. The molecule has 3 nitrogen and oxygen atoms in total. The molecular weight excluding hydrogens is 200 g/mol. The average molecular weight is 218 g/mol. The predicted octanol–water partition coefficient (Wildman–Crippen LogP) is 3.35. The summed E-state index contributed by atoms with van der Waals surface area (Å²) in [6, 6.07) is 5.64. The van der Waals surface area contributed by atoms with E-state index in [4.69, 9.17) is 0 Å². The Balaban J connectivity index is 2.63. The lowest BCUT2D eigenvalue weighted by Gasteiger charge is -2.09. The molecule has 1 aromatic carbocycles. The minimum Gasteiger partial charge on any atom is -0.315 e. The second kappa shape index (κ2) is 5.95. The number of allylic oxidation sites excluding steroid dienone is 1. The van der Waals surface area contributed by atoms with Crippen LogP contribution in [0.15, 0.2) is 30.5 Å².